The number of benzene rings is 1. The molecule has 0 aliphatic heterocycles. The predicted molar refractivity (Wildman–Crippen MR) is 76.3 cm³/mol. The number of hydrogen-bond donors (Lipinski definition) is 2. The second kappa shape index (κ2) is 4.86. The molecule has 0 amide bonds. The van der Waals surface area contributed by atoms with Crippen LogP contribution >= 0.6 is 15.9 Å². The molecule has 2 unspecified atom stereocenters. The van der Waals surface area contributed by atoms with Crippen LogP contribution < -0.4 is 5.73 Å². The number of nitrogens with one attached hydrogen (secondary N) is 1. The zero-order valence-electron chi connectivity index (χ0n) is 10.1. The first kappa shape index (κ1) is 11.9. The van der Waals surface area contributed by atoms with E-state index in [-0.39, 0.29) is 6.04 Å². The van der Waals surface area contributed by atoms with Gasteiger partial charge in [-0.1, -0.05) is 34.5 Å². The van der Waals surface area contributed by atoms with Gasteiger partial charge >= 0.3 is 0 Å². The van der Waals surface area contributed by atoms with Crippen LogP contribution in [0, 0.1) is 0 Å². The Balaban J connectivity index is 1.87. The van der Waals surface area contributed by atoms with Crippen molar-refractivity contribution in [3.63, 3.8) is 0 Å². The molecular formula is C14H16BrN3. The lowest BCUT2D eigenvalue weighted by Crippen LogP contribution is -2.23. The van der Waals surface area contributed by atoms with Crippen molar-refractivity contribution in [2.75, 3.05) is 0 Å². The highest BCUT2D eigenvalue weighted by Crippen LogP contribution is 2.32. The van der Waals surface area contributed by atoms with Crippen LogP contribution in [-0.2, 0) is 0 Å². The first-order valence-corrected chi connectivity index (χ1v) is 7.10. The molecule has 4 heteroatoms. The lowest BCUT2D eigenvalue weighted by atomic mass is 10.0. The van der Waals surface area contributed by atoms with Gasteiger partial charge in [-0.15, -0.1) is 0 Å². The standard InChI is InChI=1S/C14H16BrN3/c15-10-6-4-9(5-7-10)13-8-17-14(18-13)11-2-1-3-12(11)16/h4-8,11-12H,1-3,16H2,(H,17,18). The maximum absolute atomic E-state index is 6.11. The van der Waals surface area contributed by atoms with Gasteiger partial charge in [-0.3, -0.25) is 0 Å². The molecule has 0 spiro atoms. The molecule has 1 aromatic heterocycles. The minimum absolute atomic E-state index is 0.258. The number of H-pyrrole nitrogens is 1. The maximum Gasteiger partial charge on any atom is 0.111 e. The Hall–Kier alpha value is -1.13. The fourth-order valence-electron chi connectivity index (χ4n) is 2.63. The average Bonchev–Trinajstić information content (AvgIpc) is 2.98. The third kappa shape index (κ3) is 2.22. The van der Waals surface area contributed by atoms with Gasteiger partial charge in [0.1, 0.15) is 5.82 Å². The normalized spacial score (nSPS) is 23.4. The van der Waals surface area contributed by atoms with Crippen LogP contribution in [0.2, 0.25) is 0 Å². The molecule has 1 aromatic carbocycles. The molecule has 2 atom stereocenters. The topological polar surface area (TPSA) is 54.7 Å². The van der Waals surface area contributed by atoms with E-state index in [1.807, 2.05) is 18.3 Å². The summed E-state index contributed by atoms with van der Waals surface area (Å²) < 4.78 is 1.09. The number of nitrogens with two attached hydrogens (primary N) is 1. The Morgan fingerprint density at radius 2 is 2.00 bits per heavy atom. The van der Waals surface area contributed by atoms with Crippen LogP contribution in [0.5, 0.6) is 0 Å². The van der Waals surface area contributed by atoms with Gasteiger partial charge in [0, 0.05) is 16.4 Å². The first-order valence-electron chi connectivity index (χ1n) is 6.30. The van der Waals surface area contributed by atoms with E-state index < -0.39 is 0 Å². The number of imidazole rings is 1. The molecule has 2 aromatic rings. The Kier molecular flexibility index (Phi) is 3.22. The van der Waals surface area contributed by atoms with Crippen LogP contribution in [0.1, 0.15) is 31.0 Å². The van der Waals surface area contributed by atoms with Crippen LogP contribution in [0.4, 0.5) is 0 Å². The second-order valence-electron chi connectivity index (χ2n) is 4.89. The van der Waals surface area contributed by atoms with Crippen molar-refractivity contribution >= 4 is 15.9 Å². The van der Waals surface area contributed by atoms with Crippen molar-refractivity contribution in [1.29, 1.82) is 0 Å². The lowest BCUT2D eigenvalue weighted by molar-refractivity contribution is 0.587. The fraction of sp³-hybridized carbons (Fsp3) is 0.357. The SMILES string of the molecule is NC1CCCC1c1ncc(-c2ccc(Br)cc2)[nH]1. The zero-order valence-corrected chi connectivity index (χ0v) is 11.7. The van der Waals surface area contributed by atoms with Crippen LogP contribution in [0.25, 0.3) is 11.3 Å². The molecule has 3 N–H and O–H groups in total. The van der Waals surface area contributed by atoms with E-state index in [1.165, 1.54) is 6.42 Å². The van der Waals surface area contributed by atoms with Crippen LogP contribution in [0.3, 0.4) is 0 Å². The van der Waals surface area contributed by atoms with E-state index in [9.17, 15) is 0 Å². The van der Waals surface area contributed by atoms with E-state index in [1.54, 1.807) is 0 Å². The van der Waals surface area contributed by atoms with Crippen LogP contribution in [-0.4, -0.2) is 16.0 Å². The highest BCUT2D eigenvalue weighted by Gasteiger charge is 2.27. The van der Waals surface area contributed by atoms with E-state index in [2.05, 4.69) is 38.0 Å². The molecular weight excluding hydrogens is 290 g/mol. The van der Waals surface area contributed by atoms with Crippen LogP contribution in [0.15, 0.2) is 34.9 Å². The van der Waals surface area contributed by atoms with Crippen molar-refractivity contribution in [1.82, 2.24) is 9.97 Å². The van der Waals surface area contributed by atoms with Gasteiger partial charge in [0.05, 0.1) is 11.9 Å². The zero-order chi connectivity index (χ0) is 12.5. The molecule has 0 radical (unpaired) electrons. The Labute approximate surface area is 115 Å². The predicted octanol–water partition coefficient (Wildman–Crippen LogP) is 3.43. The summed E-state index contributed by atoms with van der Waals surface area (Å²) in [6.07, 6.45) is 5.37. The molecule has 18 heavy (non-hydrogen) atoms. The van der Waals surface area contributed by atoms with E-state index in [0.29, 0.717) is 5.92 Å². The summed E-state index contributed by atoms with van der Waals surface area (Å²) in [5.41, 5.74) is 8.33. The maximum atomic E-state index is 6.11. The van der Waals surface area contributed by atoms with Crippen molar-refractivity contribution < 1.29 is 0 Å². The van der Waals surface area contributed by atoms with Gasteiger partial charge < -0.3 is 10.7 Å². The first-order chi connectivity index (χ1) is 8.74. The van der Waals surface area contributed by atoms with Gasteiger partial charge in [0.25, 0.3) is 0 Å². The van der Waals surface area contributed by atoms with E-state index in [4.69, 9.17) is 5.73 Å². The highest BCUT2D eigenvalue weighted by molar-refractivity contribution is 9.10. The lowest BCUT2D eigenvalue weighted by Gasteiger charge is -2.11. The van der Waals surface area contributed by atoms with Gasteiger partial charge in [-0.25, -0.2) is 4.98 Å². The van der Waals surface area contributed by atoms with Crippen molar-refractivity contribution in [2.45, 2.75) is 31.2 Å². The number of nitrogens with zero attached hydrogens (tertiary/aromatic N) is 1. The van der Waals surface area contributed by atoms with E-state index >= 15 is 0 Å². The Bertz CT molecular complexity index is 532. The van der Waals surface area contributed by atoms with Gasteiger partial charge in [-0.05, 0) is 30.5 Å². The van der Waals surface area contributed by atoms with Gasteiger partial charge in [-0.2, -0.15) is 0 Å². The van der Waals surface area contributed by atoms with Crippen molar-refractivity contribution in [3.05, 3.63) is 40.8 Å². The summed E-state index contributed by atoms with van der Waals surface area (Å²) >= 11 is 3.44. The molecule has 1 aliphatic rings. The minimum Gasteiger partial charge on any atom is -0.342 e. The molecule has 0 bridgehead atoms. The average molecular weight is 306 g/mol. The quantitative estimate of drug-likeness (QED) is 0.893. The van der Waals surface area contributed by atoms with E-state index in [0.717, 1.165) is 34.4 Å². The summed E-state index contributed by atoms with van der Waals surface area (Å²) in [7, 11) is 0. The van der Waals surface area contributed by atoms with Crippen molar-refractivity contribution in [2.24, 2.45) is 5.73 Å². The summed E-state index contributed by atoms with van der Waals surface area (Å²) in [6.45, 7) is 0. The number of aromatic amines is 1. The highest BCUT2D eigenvalue weighted by atomic mass is 79.9. The Morgan fingerprint density at radius 1 is 1.22 bits per heavy atom. The largest absolute Gasteiger partial charge is 0.342 e. The number of aromatic nitrogens is 2. The summed E-state index contributed by atoms with van der Waals surface area (Å²) in [5.74, 6) is 1.44. The second-order valence-corrected chi connectivity index (χ2v) is 5.81. The summed E-state index contributed by atoms with van der Waals surface area (Å²) in [5, 5.41) is 0. The monoisotopic (exact) mass is 305 g/mol. The smallest absolute Gasteiger partial charge is 0.111 e. The third-order valence-corrected chi connectivity index (χ3v) is 4.20. The molecule has 3 rings (SSSR count). The fourth-order valence-corrected chi connectivity index (χ4v) is 2.89. The van der Waals surface area contributed by atoms with Gasteiger partial charge in [0.15, 0.2) is 0 Å². The summed E-state index contributed by atoms with van der Waals surface area (Å²) in [4.78, 5) is 7.91. The molecule has 1 aliphatic carbocycles. The molecule has 1 saturated carbocycles. The molecule has 3 nitrogen and oxygen atoms in total. The van der Waals surface area contributed by atoms with Gasteiger partial charge in [0.2, 0.25) is 0 Å². The minimum atomic E-state index is 0.258. The molecule has 1 heterocycles. The molecule has 0 saturated heterocycles. The molecule has 1 fully saturated rings. The number of hydrogen-bond acceptors (Lipinski definition) is 2. The molecule has 94 valence electrons. The Morgan fingerprint density at radius 3 is 2.67 bits per heavy atom. The van der Waals surface area contributed by atoms with Crippen molar-refractivity contribution in [3.8, 4) is 11.3 Å². The third-order valence-electron chi connectivity index (χ3n) is 3.67. The summed E-state index contributed by atoms with van der Waals surface area (Å²) in [6, 6.07) is 8.49. The number of halogens is 1. The number of rotatable bonds is 2.